The Balaban J connectivity index is 1.48. The minimum absolute atomic E-state index is 0.0429. The number of carbonyl (C=O) groups is 3. The Labute approximate surface area is 234 Å². The molecule has 2 aromatic heterocycles. The molecule has 3 amide bonds. The van der Waals surface area contributed by atoms with Crippen molar-refractivity contribution < 1.29 is 18.8 Å². The molecule has 3 heterocycles. The van der Waals surface area contributed by atoms with E-state index in [1.165, 1.54) is 23.0 Å². The number of rotatable bonds is 4. The Morgan fingerprint density at radius 3 is 2.80 bits per heavy atom. The first-order valence-electron chi connectivity index (χ1n) is 12.7. The maximum Gasteiger partial charge on any atom is 0.255 e. The fraction of sp³-hybridized carbons (Fsp3) is 0.207. The maximum absolute atomic E-state index is 14.6. The Kier molecular flexibility index (Phi) is 7.61. The van der Waals surface area contributed by atoms with Gasteiger partial charge < -0.3 is 16.4 Å². The van der Waals surface area contributed by atoms with Crippen molar-refractivity contribution >= 4 is 35.0 Å². The zero-order valence-electron chi connectivity index (χ0n) is 21.6. The van der Waals surface area contributed by atoms with E-state index >= 15 is 0 Å². The number of anilines is 1. The van der Waals surface area contributed by atoms with Crippen molar-refractivity contribution in [2.24, 2.45) is 5.73 Å². The van der Waals surface area contributed by atoms with Crippen LogP contribution in [0.15, 0.2) is 60.9 Å². The molecule has 9 nitrogen and oxygen atoms in total. The van der Waals surface area contributed by atoms with E-state index in [0.29, 0.717) is 41.9 Å². The highest BCUT2D eigenvalue weighted by molar-refractivity contribution is 6.30. The Morgan fingerprint density at radius 1 is 1.18 bits per heavy atom. The van der Waals surface area contributed by atoms with Crippen molar-refractivity contribution in [1.29, 1.82) is 0 Å². The third-order valence-electron chi connectivity index (χ3n) is 6.89. The van der Waals surface area contributed by atoms with Gasteiger partial charge in [0, 0.05) is 29.4 Å². The van der Waals surface area contributed by atoms with E-state index in [1.54, 1.807) is 43.5 Å². The first-order chi connectivity index (χ1) is 19.2. The first kappa shape index (κ1) is 27.0. The highest BCUT2D eigenvalue weighted by Crippen LogP contribution is 2.32. The van der Waals surface area contributed by atoms with Crippen molar-refractivity contribution in [2.45, 2.75) is 38.6 Å². The summed E-state index contributed by atoms with van der Waals surface area (Å²) in [6.07, 6.45) is 5.05. The van der Waals surface area contributed by atoms with Crippen LogP contribution in [0, 0.1) is 12.7 Å². The van der Waals surface area contributed by atoms with Gasteiger partial charge in [-0.05, 0) is 61.7 Å². The van der Waals surface area contributed by atoms with Gasteiger partial charge in [-0.15, -0.1) is 0 Å². The fourth-order valence-electron chi connectivity index (χ4n) is 4.77. The second-order valence-electron chi connectivity index (χ2n) is 9.54. The predicted octanol–water partition coefficient (Wildman–Crippen LogP) is 5.12. The van der Waals surface area contributed by atoms with Crippen LogP contribution < -0.4 is 16.4 Å². The van der Waals surface area contributed by atoms with Gasteiger partial charge in [-0.1, -0.05) is 30.2 Å². The van der Waals surface area contributed by atoms with Crippen LogP contribution >= 0.6 is 11.6 Å². The summed E-state index contributed by atoms with van der Waals surface area (Å²) in [6, 6.07) is 12.6. The highest BCUT2D eigenvalue weighted by atomic mass is 35.5. The number of nitrogens with one attached hydrogen (secondary N) is 2. The summed E-state index contributed by atoms with van der Waals surface area (Å²) in [4.78, 5) is 42.4. The van der Waals surface area contributed by atoms with Crippen molar-refractivity contribution in [3.8, 4) is 16.8 Å². The number of pyridine rings is 1. The number of nitrogens with zero attached hydrogens (tertiary/aromatic N) is 3. The number of hydrogen-bond donors (Lipinski definition) is 3. The monoisotopic (exact) mass is 560 g/mol. The topological polar surface area (TPSA) is 132 Å². The van der Waals surface area contributed by atoms with Gasteiger partial charge in [0.15, 0.2) is 5.82 Å². The summed E-state index contributed by atoms with van der Waals surface area (Å²) in [6.45, 7) is 1.68. The molecule has 2 bridgehead atoms. The van der Waals surface area contributed by atoms with E-state index in [0.717, 1.165) is 5.56 Å². The van der Waals surface area contributed by atoms with Gasteiger partial charge in [-0.3, -0.25) is 19.4 Å². The molecule has 0 spiro atoms. The lowest BCUT2D eigenvalue weighted by Crippen LogP contribution is -2.29. The molecule has 204 valence electrons. The molecular weight excluding hydrogens is 535 g/mol. The summed E-state index contributed by atoms with van der Waals surface area (Å²) in [7, 11) is 0. The molecule has 40 heavy (non-hydrogen) atoms. The van der Waals surface area contributed by atoms with Crippen LogP contribution in [0.4, 0.5) is 10.1 Å². The smallest absolute Gasteiger partial charge is 0.255 e. The highest BCUT2D eigenvalue weighted by Gasteiger charge is 2.23. The minimum atomic E-state index is -0.630. The molecule has 2 aromatic carbocycles. The molecule has 1 aliphatic heterocycles. The summed E-state index contributed by atoms with van der Waals surface area (Å²) in [5.74, 6) is -1.80. The SMILES string of the molecule is Cc1c(C(=O)NC2CCCCC(=O)Nc3cc(C(N)=O)ccc3-c3ccnc2c3)cnn1-c1cccc(Cl)c1F. The molecule has 11 heteroatoms. The maximum atomic E-state index is 14.6. The lowest BCUT2D eigenvalue weighted by molar-refractivity contribution is -0.116. The predicted molar refractivity (Wildman–Crippen MR) is 149 cm³/mol. The van der Waals surface area contributed by atoms with Crippen LogP contribution in [0.1, 0.15) is 63.8 Å². The molecule has 0 aliphatic carbocycles. The van der Waals surface area contributed by atoms with Gasteiger partial charge in [0.2, 0.25) is 11.8 Å². The second-order valence-corrected chi connectivity index (χ2v) is 9.95. The van der Waals surface area contributed by atoms with E-state index in [2.05, 4.69) is 20.7 Å². The number of primary amides is 1. The molecule has 0 saturated heterocycles. The Bertz CT molecular complexity index is 1640. The molecule has 1 aliphatic rings. The van der Waals surface area contributed by atoms with Crippen LogP contribution in [0.25, 0.3) is 16.8 Å². The van der Waals surface area contributed by atoms with Crippen LogP contribution in [-0.4, -0.2) is 32.5 Å². The summed E-state index contributed by atoms with van der Waals surface area (Å²) >= 11 is 5.94. The van der Waals surface area contributed by atoms with E-state index in [4.69, 9.17) is 17.3 Å². The zero-order chi connectivity index (χ0) is 28.4. The fourth-order valence-corrected chi connectivity index (χ4v) is 4.94. The zero-order valence-corrected chi connectivity index (χ0v) is 22.3. The quantitative estimate of drug-likeness (QED) is 0.319. The first-order valence-corrected chi connectivity index (χ1v) is 13.1. The van der Waals surface area contributed by atoms with E-state index in [1.807, 2.05) is 6.07 Å². The van der Waals surface area contributed by atoms with Crippen molar-refractivity contribution in [3.63, 3.8) is 0 Å². The molecule has 4 N–H and O–H groups in total. The van der Waals surface area contributed by atoms with Gasteiger partial charge in [0.25, 0.3) is 5.91 Å². The largest absolute Gasteiger partial charge is 0.366 e. The van der Waals surface area contributed by atoms with Crippen molar-refractivity contribution in [3.05, 3.63) is 94.3 Å². The summed E-state index contributed by atoms with van der Waals surface area (Å²) in [5, 5.41) is 10.1. The molecule has 5 rings (SSSR count). The molecule has 1 atom stereocenters. The Morgan fingerprint density at radius 2 is 2.00 bits per heavy atom. The van der Waals surface area contributed by atoms with Gasteiger partial charge in [-0.2, -0.15) is 5.10 Å². The number of hydrogen-bond acceptors (Lipinski definition) is 5. The van der Waals surface area contributed by atoms with Crippen LogP contribution in [0.2, 0.25) is 5.02 Å². The average Bonchev–Trinajstić information content (AvgIpc) is 3.32. The number of halogens is 2. The number of fused-ring (bicyclic) bond motifs is 4. The molecule has 1 unspecified atom stereocenters. The molecular formula is C29H26ClFN6O3. The number of benzene rings is 2. The normalized spacial score (nSPS) is 15.3. The standard InChI is InChI=1S/C29H26ClFN6O3/c1-16-20(15-34-37(16)25-7-4-5-21(30)27(25)31)29(40)36-22-6-2-3-8-26(38)35-23-14-18(28(32)39)9-10-19(23)17-11-12-33-24(22)13-17/h4-5,7,9-15,22H,2-3,6,8H2,1H3,(H2,32,39)(H,35,38)(H,36,40). The summed E-state index contributed by atoms with van der Waals surface area (Å²) < 4.78 is 16.0. The van der Waals surface area contributed by atoms with Crippen molar-refractivity contribution in [1.82, 2.24) is 20.1 Å². The molecule has 0 fully saturated rings. The summed E-state index contributed by atoms with van der Waals surface area (Å²) in [5.41, 5.74) is 9.14. The van der Waals surface area contributed by atoms with Crippen LogP contribution in [0.3, 0.4) is 0 Å². The number of carbonyl (C=O) groups excluding carboxylic acids is 3. The number of amides is 3. The average molecular weight is 561 g/mol. The molecule has 0 saturated carbocycles. The Hall–Kier alpha value is -4.57. The van der Waals surface area contributed by atoms with E-state index < -0.39 is 17.8 Å². The van der Waals surface area contributed by atoms with Crippen LogP contribution in [0.5, 0.6) is 0 Å². The van der Waals surface area contributed by atoms with Gasteiger partial charge in [-0.25, -0.2) is 9.07 Å². The van der Waals surface area contributed by atoms with E-state index in [-0.39, 0.29) is 40.1 Å². The minimum Gasteiger partial charge on any atom is -0.366 e. The second kappa shape index (κ2) is 11.3. The molecule has 4 aromatic rings. The van der Waals surface area contributed by atoms with Crippen LogP contribution in [-0.2, 0) is 4.79 Å². The molecule has 0 radical (unpaired) electrons. The number of aromatic nitrogens is 3. The van der Waals surface area contributed by atoms with Gasteiger partial charge >= 0.3 is 0 Å². The van der Waals surface area contributed by atoms with Gasteiger partial charge in [0.1, 0.15) is 5.69 Å². The third-order valence-corrected chi connectivity index (χ3v) is 7.18. The van der Waals surface area contributed by atoms with E-state index in [9.17, 15) is 18.8 Å². The third kappa shape index (κ3) is 5.43. The number of nitrogens with two attached hydrogens (primary N) is 1. The van der Waals surface area contributed by atoms with Crippen molar-refractivity contribution in [2.75, 3.05) is 5.32 Å². The lowest BCUT2D eigenvalue weighted by atomic mass is 9.97. The van der Waals surface area contributed by atoms with Gasteiger partial charge in [0.05, 0.1) is 34.2 Å². The lowest BCUT2D eigenvalue weighted by Gasteiger charge is -2.21.